The van der Waals surface area contributed by atoms with Gasteiger partial charge in [-0.25, -0.2) is 8.78 Å². The predicted octanol–water partition coefficient (Wildman–Crippen LogP) is 2.03. The van der Waals surface area contributed by atoms with E-state index in [2.05, 4.69) is 0 Å². The van der Waals surface area contributed by atoms with E-state index in [1.54, 1.807) is 6.92 Å². The molecule has 0 amide bonds. The Hall–Kier alpha value is -1.37. The summed E-state index contributed by atoms with van der Waals surface area (Å²) in [5.74, 6) is -0.103. The fourth-order valence-electron chi connectivity index (χ4n) is 3.38. The van der Waals surface area contributed by atoms with Crippen molar-refractivity contribution in [2.45, 2.75) is 63.3 Å². The Morgan fingerprint density at radius 3 is 2.46 bits per heavy atom. The average molecular weight is 341 g/mol. The molecule has 1 aliphatic heterocycles. The van der Waals surface area contributed by atoms with Crippen molar-refractivity contribution < 1.29 is 23.8 Å². The van der Waals surface area contributed by atoms with E-state index in [0.717, 1.165) is 5.56 Å². The Morgan fingerprint density at radius 1 is 1.21 bits per heavy atom. The lowest BCUT2D eigenvalue weighted by molar-refractivity contribution is -0.120. The second-order valence-electron chi connectivity index (χ2n) is 6.30. The monoisotopic (exact) mass is 341 g/mol. The number of aliphatic hydroxyl groups excluding tert-OH is 2. The first-order valence-electron chi connectivity index (χ1n) is 8.41. The van der Waals surface area contributed by atoms with Crippen LogP contribution in [0.1, 0.15) is 31.7 Å². The van der Waals surface area contributed by atoms with Crippen LogP contribution in [0.4, 0.5) is 8.78 Å². The van der Waals surface area contributed by atoms with Crippen LogP contribution in [-0.4, -0.2) is 58.2 Å². The van der Waals surface area contributed by atoms with Crippen LogP contribution in [0.3, 0.4) is 0 Å². The van der Waals surface area contributed by atoms with Crippen LogP contribution in [0.2, 0.25) is 0 Å². The highest BCUT2D eigenvalue weighted by Gasteiger charge is 2.51. The normalized spacial score (nSPS) is 27.8. The molecule has 134 valence electrons. The molecule has 6 heteroatoms. The average Bonchev–Trinajstić information content (AvgIpc) is 2.80. The van der Waals surface area contributed by atoms with Crippen molar-refractivity contribution in [2.24, 2.45) is 0 Å². The van der Waals surface area contributed by atoms with E-state index in [4.69, 9.17) is 0 Å². The molecule has 2 N–H and O–H groups in total. The maximum atomic E-state index is 13.4. The van der Waals surface area contributed by atoms with Crippen LogP contribution < -0.4 is 0 Å². The number of nitrogens with zero attached hydrogens (tertiary/aromatic N) is 1. The second-order valence-corrected chi connectivity index (χ2v) is 6.30. The lowest BCUT2D eigenvalue weighted by Gasteiger charge is -2.29. The number of aryl methyl sites for hydroxylation is 1. The van der Waals surface area contributed by atoms with Gasteiger partial charge < -0.3 is 10.2 Å². The molecule has 1 heterocycles. The van der Waals surface area contributed by atoms with Gasteiger partial charge in [-0.3, -0.25) is 9.69 Å². The van der Waals surface area contributed by atoms with Gasteiger partial charge in [0.2, 0.25) is 0 Å². The number of benzene rings is 1. The molecular weight excluding hydrogens is 316 g/mol. The lowest BCUT2D eigenvalue weighted by atomic mass is 10.0. The molecule has 1 saturated heterocycles. The smallest absolute Gasteiger partial charge is 0.256 e. The van der Waals surface area contributed by atoms with Gasteiger partial charge in [0.1, 0.15) is 11.9 Å². The number of Topliss-reactive ketones (excluding diaryl/α,β-unsaturated/α-hetero) is 1. The molecule has 0 spiro atoms. The molecule has 1 fully saturated rings. The van der Waals surface area contributed by atoms with E-state index in [9.17, 15) is 23.8 Å². The third-order valence-electron chi connectivity index (χ3n) is 4.72. The molecule has 2 rings (SSSR count). The third-order valence-corrected chi connectivity index (χ3v) is 4.72. The number of rotatable bonds is 8. The number of halogens is 2. The number of ketones is 1. The van der Waals surface area contributed by atoms with Gasteiger partial charge in [0.05, 0.1) is 12.1 Å². The second kappa shape index (κ2) is 8.65. The van der Waals surface area contributed by atoms with E-state index in [1.807, 2.05) is 30.3 Å². The van der Waals surface area contributed by atoms with Crippen molar-refractivity contribution in [1.29, 1.82) is 0 Å². The number of hydrogen-bond acceptors (Lipinski definition) is 4. The van der Waals surface area contributed by atoms with Gasteiger partial charge in [-0.15, -0.1) is 0 Å². The molecule has 1 aromatic carbocycles. The van der Waals surface area contributed by atoms with Crippen LogP contribution in [-0.2, 0) is 11.2 Å². The molecule has 0 saturated carbocycles. The molecule has 0 radical (unpaired) electrons. The topological polar surface area (TPSA) is 60.8 Å². The molecule has 1 aromatic rings. The molecular formula is C18H25F2NO3. The van der Waals surface area contributed by atoms with Crippen LogP contribution in [0.15, 0.2) is 30.3 Å². The molecule has 24 heavy (non-hydrogen) atoms. The van der Waals surface area contributed by atoms with Gasteiger partial charge in [0, 0.05) is 18.9 Å². The molecule has 4 nitrogen and oxygen atoms in total. The van der Waals surface area contributed by atoms with Gasteiger partial charge >= 0.3 is 0 Å². The van der Waals surface area contributed by atoms with Gasteiger partial charge in [0.25, 0.3) is 6.43 Å². The summed E-state index contributed by atoms with van der Waals surface area (Å²) >= 11 is 0. The number of hydrogen-bond donors (Lipinski definition) is 2. The summed E-state index contributed by atoms with van der Waals surface area (Å²) in [7, 11) is 0. The SMILES string of the molecule is CCC(=O)C[C@@H]1[C@@H](O)[C@H](O)[C@@H](C(F)F)N1CCCc1ccccc1. The number of carbonyl (C=O) groups is 1. The van der Waals surface area contributed by atoms with E-state index >= 15 is 0 Å². The fraction of sp³-hybridized carbons (Fsp3) is 0.611. The highest BCUT2D eigenvalue weighted by atomic mass is 19.3. The summed E-state index contributed by atoms with van der Waals surface area (Å²) < 4.78 is 26.7. The summed E-state index contributed by atoms with van der Waals surface area (Å²) in [6, 6.07) is 7.52. The van der Waals surface area contributed by atoms with Gasteiger partial charge in [0.15, 0.2) is 0 Å². The fourth-order valence-corrected chi connectivity index (χ4v) is 3.38. The van der Waals surface area contributed by atoms with E-state index < -0.39 is 30.7 Å². The van der Waals surface area contributed by atoms with Gasteiger partial charge in [-0.05, 0) is 24.9 Å². The van der Waals surface area contributed by atoms with Crippen molar-refractivity contribution in [3.63, 3.8) is 0 Å². The Labute approximate surface area is 141 Å². The molecule has 0 aliphatic carbocycles. The zero-order valence-corrected chi connectivity index (χ0v) is 13.8. The van der Waals surface area contributed by atoms with Crippen molar-refractivity contribution in [3.05, 3.63) is 35.9 Å². The minimum atomic E-state index is -2.77. The first kappa shape index (κ1) is 19.0. The Morgan fingerprint density at radius 2 is 1.88 bits per heavy atom. The lowest BCUT2D eigenvalue weighted by Crippen LogP contribution is -2.44. The van der Waals surface area contributed by atoms with E-state index in [-0.39, 0.29) is 18.6 Å². The predicted molar refractivity (Wildman–Crippen MR) is 87.0 cm³/mol. The number of likely N-dealkylation sites (tertiary alicyclic amines) is 1. The number of alkyl halides is 2. The summed E-state index contributed by atoms with van der Waals surface area (Å²) in [6.45, 7) is 2.00. The van der Waals surface area contributed by atoms with Gasteiger partial charge in [-0.2, -0.15) is 0 Å². The molecule has 1 aliphatic rings. The number of carbonyl (C=O) groups excluding carboxylic acids is 1. The summed E-state index contributed by atoms with van der Waals surface area (Å²) in [5.41, 5.74) is 1.10. The van der Waals surface area contributed by atoms with E-state index in [1.165, 1.54) is 4.90 Å². The standard InChI is InChI=1S/C18H25F2NO3/c1-2-13(22)11-14-16(23)17(24)15(18(19)20)21(14)10-6-9-12-7-4-3-5-8-12/h3-5,7-8,14-18,23-24H,2,6,9-11H2,1H3/t14-,15+,16-,17-/m1/s1. The van der Waals surface area contributed by atoms with Crippen LogP contribution >= 0.6 is 0 Å². The minimum Gasteiger partial charge on any atom is -0.389 e. The quantitative estimate of drug-likeness (QED) is 0.760. The van der Waals surface area contributed by atoms with Crippen molar-refractivity contribution >= 4 is 5.78 Å². The summed E-state index contributed by atoms with van der Waals surface area (Å²) in [5, 5.41) is 20.1. The maximum Gasteiger partial charge on any atom is 0.256 e. The Kier molecular flexibility index (Phi) is 6.83. The zero-order chi connectivity index (χ0) is 17.7. The third kappa shape index (κ3) is 4.37. The molecule has 4 atom stereocenters. The highest BCUT2D eigenvalue weighted by molar-refractivity contribution is 5.78. The molecule has 0 bridgehead atoms. The van der Waals surface area contributed by atoms with Crippen molar-refractivity contribution in [2.75, 3.05) is 6.54 Å². The van der Waals surface area contributed by atoms with Crippen LogP contribution in [0.5, 0.6) is 0 Å². The van der Waals surface area contributed by atoms with Crippen molar-refractivity contribution in [3.8, 4) is 0 Å². The first-order chi connectivity index (χ1) is 11.5. The maximum absolute atomic E-state index is 13.4. The molecule has 0 unspecified atom stereocenters. The summed E-state index contributed by atoms with van der Waals surface area (Å²) in [4.78, 5) is 13.2. The summed E-state index contributed by atoms with van der Waals surface area (Å²) in [6.07, 6.45) is -4.02. The van der Waals surface area contributed by atoms with E-state index in [0.29, 0.717) is 19.4 Å². The first-order valence-corrected chi connectivity index (χ1v) is 8.41. The number of aliphatic hydroxyl groups is 2. The molecule has 0 aromatic heterocycles. The van der Waals surface area contributed by atoms with Gasteiger partial charge in [-0.1, -0.05) is 37.3 Å². The zero-order valence-electron chi connectivity index (χ0n) is 13.8. The van der Waals surface area contributed by atoms with Crippen LogP contribution in [0, 0.1) is 0 Å². The largest absolute Gasteiger partial charge is 0.389 e. The Bertz CT molecular complexity index is 526. The highest BCUT2D eigenvalue weighted by Crippen LogP contribution is 2.31. The van der Waals surface area contributed by atoms with Crippen LogP contribution in [0.25, 0.3) is 0 Å². The Balaban J connectivity index is 2.05. The minimum absolute atomic E-state index is 0.0106. The van der Waals surface area contributed by atoms with Crippen molar-refractivity contribution in [1.82, 2.24) is 4.90 Å².